The fourth-order valence-electron chi connectivity index (χ4n) is 1.61. The zero-order valence-corrected chi connectivity index (χ0v) is 12.7. The summed E-state index contributed by atoms with van der Waals surface area (Å²) in [4.78, 5) is 22.8. The van der Waals surface area contributed by atoms with E-state index in [-0.39, 0.29) is 12.5 Å². The number of rotatable bonds is 5. The molecular weight excluding hydrogens is 312 g/mol. The number of thioether (sulfide) groups is 1. The van der Waals surface area contributed by atoms with Gasteiger partial charge in [0.15, 0.2) is 18.1 Å². The lowest BCUT2D eigenvalue weighted by molar-refractivity contribution is -0.120. The van der Waals surface area contributed by atoms with Gasteiger partial charge >= 0.3 is 0 Å². The second-order valence-electron chi connectivity index (χ2n) is 4.02. The number of primary amides is 1. The van der Waals surface area contributed by atoms with Crippen molar-refractivity contribution < 1.29 is 19.1 Å². The third-order valence-corrected chi connectivity index (χ3v) is 3.66. The number of nitrogens with two attached hydrogens (primary N) is 1. The van der Waals surface area contributed by atoms with E-state index in [1.165, 1.54) is 18.9 Å². The predicted molar refractivity (Wildman–Crippen MR) is 84.0 cm³/mol. The van der Waals surface area contributed by atoms with Crippen LogP contribution in [0.5, 0.6) is 11.5 Å². The maximum atomic E-state index is 11.6. The molecular formula is C13H12N2O4S2. The molecule has 21 heavy (non-hydrogen) atoms. The van der Waals surface area contributed by atoms with Crippen molar-refractivity contribution >= 4 is 46.2 Å². The van der Waals surface area contributed by atoms with E-state index in [1.54, 1.807) is 24.3 Å². The maximum Gasteiger partial charge on any atom is 0.263 e. The second-order valence-corrected chi connectivity index (χ2v) is 5.74. The standard InChI is InChI=1S/C13H12N2O4S2/c1-18-9-4-7(2-3-8(9)19-6-11(14)16)5-10-12(17)15-13(20)21-10/h2-5H,6H2,1H3,(H2,14,16)(H,15,17,20)/b10-5-. The van der Waals surface area contributed by atoms with Gasteiger partial charge in [-0.3, -0.25) is 9.59 Å². The average molecular weight is 324 g/mol. The van der Waals surface area contributed by atoms with Gasteiger partial charge in [0.1, 0.15) is 4.32 Å². The first-order valence-corrected chi connectivity index (χ1v) is 7.06. The lowest BCUT2D eigenvalue weighted by atomic mass is 10.2. The fourth-order valence-corrected chi connectivity index (χ4v) is 2.66. The molecule has 0 aliphatic carbocycles. The molecule has 1 heterocycles. The SMILES string of the molecule is COc1cc(/C=C2\SC(=S)NC2=O)ccc1OCC(N)=O. The minimum Gasteiger partial charge on any atom is -0.493 e. The van der Waals surface area contributed by atoms with Gasteiger partial charge < -0.3 is 20.5 Å². The van der Waals surface area contributed by atoms with Crippen LogP contribution in [0.2, 0.25) is 0 Å². The van der Waals surface area contributed by atoms with Gasteiger partial charge in [-0.2, -0.15) is 0 Å². The zero-order valence-electron chi connectivity index (χ0n) is 11.0. The normalized spacial score (nSPS) is 16.0. The number of thiocarbonyl (C=S) groups is 1. The van der Waals surface area contributed by atoms with E-state index in [4.69, 9.17) is 27.4 Å². The third-order valence-electron chi connectivity index (χ3n) is 2.50. The Balaban J connectivity index is 2.23. The Morgan fingerprint density at radius 1 is 1.48 bits per heavy atom. The lowest BCUT2D eigenvalue weighted by Crippen LogP contribution is -2.20. The molecule has 0 bridgehead atoms. The van der Waals surface area contributed by atoms with E-state index in [9.17, 15) is 9.59 Å². The van der Waals surface area contributed by atoms with E-state index in [1.807, 2.05) is 0 Å². The van der Waals surface area contributed by atoms with Gasteiger partial charge in [0.05, 0.1) is 12.0 Å². The predicted octanol–water partition coefficient (Wildman–Crippen LogP) is 1.05. The molecule has 2 amide bonds. The van der Waals surface area contributed by atoms with E-state index in [2.05, 4.69) is 5.32 Å². The maximum absolute atomic E-state index is 11.6. The largest absolute Gasteiger partial charge is 0.493 e. The molecule has 2 rings (SSSR count). The Labute approximate surface area is 130 Å². The highest BCUT2D eigenvalue weighted by Gasteiger charge is 2.22. The highest BCUT2D eigenvalue weighted by molar-refractivity contribution is 8.26. The molecule has 1 aliphatic rings. The molecule has 3 N–H and O–H groups in total. The number of amides is 2. The third kappa shape index (κ3) is 3.96. The van der Waals surface area contributed by atoms with E-state index in [0.29, 0.717) is 20.7 Å². The number of ether oxygens (including phenoxy) is 2. The molecule has 110 valence electrons. The number of carbonyl (C=O) groups is 2. The average Bonchev–Trinajstić information content (AvgIpc) is 2.75. The first kappa shape index (κ1) is 15.3. The van der Waals surface area contributed by atoms with Crippen LogP contribution in [0, 0.1) is 0 Å². The monoisotopic (exact) mass is 324 g/mol. The Kier molecular flexibility index (Phi) is 4.81. The number of nitrogens with one attached hydrogen (secondary N) is 1. The molecule has 8 heteroatoms. The van der Waals surface area contributed by atoms with Crippen molar-refractivity contribution in [2.75, 3.05) is 13.7 Å². The Morgan fingerprint density at radius 3 is 2.81 bits per heavy atom. The second kappa shape index (κ2) is 6.59. The van der Waals surface area contributed by atoms with Gasteiger partial charge in [0.25, 0.3) is 11.8 Å². The minimum atomic E-state index is -0.573. The van der Waals surface area contributed by atoms with Gasteiger partial charge in [-0.05, 0) is 23.8 Å². The zero-order chi connectivity index (χ0) is 15.4. The molecule has 0 aromatic heterocycles. The molecule has 0 atom stereocenters. The van der Waals surface area contributed by atoms with Crippen LogP contribution in [0.3, 0.4) is 0 Å². The van der Waals surface area contributed by atoms with E-state index in [0.717, 1.165) is 5.56 Å². The Morgan fingerprint density at radius 2 is 2.24 bits per heavy atom. The van der Waals surface area contributed by atoms with Crippen LogP contribution in [0.25, 0.3) is 6.08 Å². The summed E-state index contributed by atoms with van der Waals surface area (Å²) in [6.07, 6.45) is 1.69. The van der Waals surface area contributed by atoms with Crippen molar-refractivity contribution in [3.05, 3.63) is 28.7 Å². The highest BCUT2D eigenvalue weighted by atomic mass is 32.2. The molecule has 1 saturated heterocycles. The Bertz CT molecular complexity index is 643. The van der Waals surface area contributed by atoms with Gasteiger partial charge in [-0.15, -0.1) is 0 Å². The first-order valence-electron chi connectivity index (χ1n) is 5.83. The van der Waals surface area contributed by atoms with Crippen molar-refractivity contribution in [2.24, 2.45) is 5.73 Å². The highest BCUT2D eigenvalue weighted by Crippen LogP contribution is 2.31. The van der Waals surface area contributed by atoms with Crippen LogP contribution in [0.1, 0.15) is 5.56 Å². The summed E-state index contributed by atoms with van der Waals surface area (Å²) >= 11 is 6.12. The van der Waals surface area contributed by atoms with Crippen molar-refractivity contribution in [1.29, 1.82) is 0 Å². The van der Waals surface area contributed by atoms with Gasteiger partial charge in [0.2, 0.25) is 0 Å². The van der Waals surface area contributed by atoms with Crippen LogP contribution in [-0.4, -0.2) is 29.9 Å². The summed E-state index contributed by atoms with van der Waals surface area (Å²) in [5.41, 5.74) is 5.78. The molecule has 0 radical (unpaired) electrons. The van der Waals surface area contributed by atoms with Crippen molar-refractivity contribution in [2.45, 2.75) is 0 Å². The fraction of sp³-hybridized carbons (Fsp3) is 0.154. The summed E-state index contributed by atoms with van der Waals surface area (Å²) in [5, 5.41) is 2.54. The quantitative estimate of drug-likeness (QED) is 0.621. The molecule has 1 aliphatic heterocycles. The van der Waals surface area contributed by atoms with Gasteiger partial charge in [0, 0.05) is 0 Å². The molecule has 6 nitrogen and oxygen atoms in total. The topological polar surface area (TPSA) is 90.7 Å². The molecule has 0 saturated carbocycles. The van der Waals surface area contributed by atoms with Crippen molar-refractivity contribution in [1.82, 2.24) is 5.32 Å². The van der Waals surface area contributed by atoms with Crippen LogP contribution in [-0.2, 0) is 9.59 Å². The van der Waals surface area contributed by atoms with E-state index < -0.39 is 5.91 Å². The summed E-state index contributed by atoms with van der Waals surface area (Å²) in [6, 6.07) is 5.07. The Hall–Kier alpha value is -2.06. The number of carbonyl (C=O) groups excluding carboxylic acids is 2. The minimum absolute atomic E-state index is 0.224. The molecule has 1 aromatic carbocycles. The first-order chi connectivity index (χ1) is 9.99. The lowest BCUT2D eigenvalue weighted by Gasteiger charge is -2.10. The smallest absolute Gasteiger partial charge is 0.263 e. The summed E-state index contributed by atoms with van der Waals surface area (Å²) < 4.78 is 10.8. The molecule has 0 spiro atoms. The van der Waals surface area contributed by atoms with Gasteiger partial charge in [-0.25, -0.2) is 0 Å². The molecule has 1 aromatic rings. The van der Waals surface area contributed by atoms with Crippen molar-refractivity contribution in [3.63, 3.8) is 0 Å². The number of hydrogen-bond donors (Lipinski definition) is 2. The summed E-state index contributed by atoms with van der Waals surface area (Å²) in [7, 11) is 1.48. The summed E-state index contributed by atoms with van der Waals surface area (Å²) in [6.45, 7) is -0.233. The van der Waals surface area contributed by atoms with Crippen LogP contribution < -0.4 is 20.5 Å². The molecule has 1 fully saturated rings. The number of hydrogen-bond acceptors (Lipinski definition) is 6. The summed E-state index contributed by atoms with van der Waals surface area (Å²) in [5.74, 6) is 0.0443. The van der Waals surface area contributed by atoms with Crippen LogP contribution in [0.4, 0.5) is 0 Å². The number of benzene rings is 1. The van der Waals surface area contributed by atoms with Crippen LogP contribution >= 0.6 is 24.0 Å². The van der Waals surface area contributed by atoms with Crippen LogP contribution in [0.15, 0.2) is 23.1 Å². The number of methoxy groups -OCH3 is 1. The molecule has 0 unspecified atom stereocenters. The van der Waals surface area contributed by atoms with Gasteiger partial charge in [-0.1, -0.05) is 30.0 Å². The van der Waals surface area contributed by atoms with E-state index >= 15 is 0 Å². The van der Waals surface area contributed by atoms with Crippen molar-refractivity contribution in [3.8, 4) is 11.5 Å².